The molecular weight excluding hydrogens is 598 g/mol. The molecule has 8 heteroatoms. The van der Waals surface area contributed by atoms with Crippen LogP contribution >= 0.6 is 45.8 Å². The highest BCUT2D eigenvalue weighted by atomic mass is 127. The van der Waals surface area contributed by atoms with Gasteiger partial charge in [-0.15, -0.1) is 0 Å². The molecule has 0 fully saturated rings. The van der Waals surface area contributed by atoms with Crippen LogP contribution in [0.2, 0.25) is 10.0 Å². The number of hydrogen-bond donors (Lipinski definition) is 1. The number of benzene rings is 3. The maximum absolute atomic E-state index is 13.5. The number of carbonyl (C=O) groups is 2. The van der Waals surface area contributed by atoms with Gasteiger partial charge in [0.25, 0.3) is 5.91 Å². The molecule has 0 aliphatic carbocycles. The molecule has 3 aromatic rings. The van der Waals surface area contributed by atoms with Gasteiger partial charge in [-0.2, -0.15) is 0 Å². The van der Waals surface area contributed by atoms with Gasteiger partial charge in [0.05, 0.1) is 10.0 Å². The molecule has 1 unspecified atom stereocenters. The number of rotatable bonds is 10. The van der Waals surface area contributed by atoms with Crippen LogP contribution in [0.5, 0.6) is 5.75 Å². The van der Waals surface area contributed by atoms with E-state index in [2.05, 4.69) is 27.9 Å². The van der Waals surface area contributed by atoms with Crippen molar-refractivity contribution >= 4 is 57.6 Å². The minimum atomic E-state index is -0.748. The Labute approximate surface area is 229 Å². The summed E-state index contributed by atoms with van der Waals surface area (Å²) in [6.45, 7) is 3.75. The molecule has 0 radical (unpaired) electrons. The SMILES string of the molecule is CC(C)NC(=O)C(Cc1ccccc1)N(Cc1ccc(Cl)c(Cl)c1)C(=O)COc1ccc(I)cc1. The summed E-state index contributed by atoms with van der Waals surface area (Å²) in [6.07, 6.45) is 0.357. The molecule has 1 atom stereocenters. The van der Waals surface area contributed by atoms with E-state index in [9.17, 15) is 9.59 Å². The lowest BCUT2D eigenvalue weighted by molar-refractivity contribution is -0.143. The van der Waals surface area contributed by atoms with Crippen LogP contribution < -0.4 is 10.1 Å². The van der Waals surface area contributed by atoms with Crippen molar-refractivity contribution in [1.29, 1.82) is 0 Å². The fraction of sp³-hybridized carbons (Fsp3) is 0.259. The van der Waals surface area contributed by atoms with Crippen molar-refractivity contribution in [3.8, 4) is 5.75 Å². The molecule has 3 rings (SSSR count). The third kappa shape index (κ3) is 8.40. The third-order valence-electron chi connectivity index (χ3n) is 5.21. The monoisotopic (exact) mass is 624 g/mol. The number of ether oxygens (including phenoxy) is 1. The topological polar surface area (TPSA) is 58.6 Å². The standard InChI is InChI=1S/C27H27Cl2IN2O3/c1-18(2)31-27(34)25(15-19-6-4-3-5-7-19)32(16-20-8-13-23(28)24(29)14-20)26(33)17-35-22-11-9-21(30)10-12-22/h3-14,18,25H,15-17H2,1-2H3,(H,31,34). The van der Waals surface area contributed by atoms with Gasteiger partial charge in [0.2, 0.25) is 5.91 Å². The van der Waals surface area contributed by atoms with Crippen molar-refractivity contribution in [1.82, 2.24) is 10.2 Å². The molecule has 0 heterocycles. The first kappa shape index (κ1) is 27.3. The second kappa shape index (κ2) is 13.1. The highest BCUT2D eigenvalue weighted by molar-refractivity contribution is 14.1. The van der Waals surface area contributed by atoms with Crippen molar-refractivity contribution in [3.05, 3.63) is 97.5 Å². The molecule has 0 saturated carbocycles. The molecule has 2 amide bonds. The Kier molecular flexibility index (Phi) is 10.2. The first-order chi connectivity index (χ1) is 16.7. The Morgan fingerprint density at radius 2 is 1.63 bits per heavy atom. The maximum atomic E-state index is 13.5. The Morgan fingerprint density at radius 1 is 0.943 bits per heavy atom. The lowest BCUT2D eigenvalue weighted by atomic mass is 10.0. The van der Waals surface area contributed by atoms with Gasteiger partial charge in [0.15, 0.2) is 6.61 Å². The van der Waals surface area contributed by atoms with E-state index in [4.69, 9.17) is 27.9 Å². The average Bonchev–Trinajstić information content (AvgIpc) is 2.83. The Balaban J connectivity index is 1.92. The van der Waals surface area contributed by atoms with E-state index in [-0.39, 0.29) is 31.0 Å². The normalized spacial score (nSPS) is 11.7. The fourth-order valence-corrected chi connectivity index (χ4v) is 4.21. The van der Waals surface area contributed by atoms with Crippen molar-refractivity contribution in [2.24, 2.45) is 0 Å². The molecule has 0 aliphatic heterocycles. The predicted octanol–water partition coefficient (Wildman–Crippen LogP) is 6.14. The van der Waals surface area contributed by atoms with Gasteiger partial charge in [0, 0.05) is 22.6 Å². The van der Waals surface area contributed by atoms with Gasteiger partial charge in [-0.05, 0) is 84.0 Å². The first-order valence-corrected chi connectivity index (χ1v) is 13.0. The Morgan fingerprint density at radius 3 is 2.26 bits per heavy atom. The van der Waals surface area contributed by atoms with Gasteiger partial charge in [-0.25, -0.2) is 0 Å². The van der Waals surface area contributed by atoms with Crippen molar-refractivity contribution < 1.29 is 14.3 Å². The van der Waals surface area contributed by atoms with Crippen molar-refractivity contribution in [2.45, 2.75) is 38.9 Å². The summed E-state index contributed by atoms with van der Waals surface area (Å²) in [5.74, 6) is 0.0421. The van der Waals surface area contributed by atoms with Crippen LogP contribution in [0.1, 0.15) is 25.0 Å². The molecule has 0 spiro atoms. The molecule has 35 heavy (non-hydrogen) atoms. The van der Waals surface area contributed by atoms with E-state index in [1.165, 1.54) is 0 Å². The summed E-state index contributed by atoms with van der Waals surface area (Å²) < 4.78 is 6.84. The second-order valence-electron chi connectivity index (χ2n) is 8.38. The number of halogens is 3. The van der Waals surface area contributed by atoms with Crippen molar-refractivity contribution in [2.75, 3.05) is 6.61 Å². The molecule has 5 nitrogen and oxygen atoms in total. The zero-order valence-corrected chi connectivity index (χ0v) is 23.2. The molecular formula is C27H27Cl2IN2O3. The molecule has 0 saturated heterocycles. The quantitative estimate of drug-likeness (QED) is 0.276. The maximum Gasteiger partial charge on any atom is 0.261 e. The van der Waals surface area contributed by atoms with Crippen molar-refractivity contribution in [3.63, 3.8) is 0 Å². The number of hydrogen-bond acceptors (Lipinski definition) is 3. The molecule has 3 aromatic carbocycles. The highest BCUT2D eigenvalue weighted by Crippen LogP contribution is 2.24. The largest absolute Gasteiger partial charge is 0.484 e. The summed E-state index contributed by atoms with van der Waals surface area (Å²) >= 11 is 14.5. The lowest BCUT2D eigenvalue weighted by Crippen LogP contribution is -2.52. The Hall–Kier alpha value is -2.29. The van der Waals surface area contributed by atoms with Crippen LogP contribution in [0.4, 0.5) is 0 Å². The molecule has 184 valence electrons. The number of nitrogens with one attached hydrogen (secondary N) is 1. The predicted molar refractivity (Wildman–Crippen MR) is 149 cm³/mol. The third-order valence-corrected chi connectivity index (χ3v) is 6.67. The van der Waals surface area contributed by atoms with Crippen LogP contribution in [0, 0.1) is 3.57 Å². The van der Waals surface area contributed by atoms with Crippen LogP contribution in [0.25, 0.3) is 0 Å². The van der Waals surface area contributed by atoms with Gasteiger partial charge in [-0.1, -0.05) is 59.6 Å². The van der Waals surface area contributed by atoms with Gasteiger partial charge in [0.1, 0.15) is 11.8 Å². The van der Waals surface area contributed by atoms with E-state index >= 15 is 0 Å². The summed E-state index contributed by atoms with van der Waals surface area (Å²) in [4.78, 5) is 28.4. The minimum Gasteiger partial charge on any atom is -0.484 e. The van der Waals surface area contributed by atoms with E-state index in [1.54, 1.807) is 23.1 Å². The van der Waals surface area contributed by atoms with Crippen LogP contribution in [0.3, 0.4) is 0 Å². The molecule has 0 aliphatic rings. The van der Waals surface area contributed by atoms with E-state index in [0.29, 0.717) is 22.2 Å². The van der Waals surface area contributed by atoms with E-state index < -0.39 is 6.04 Å². The second-order valence-corrected chi connectivity index (χ2v) is 10.4. The minimum absolute atomic E-state index is 0.0780. The first-order valence-electron chi connectivity index (χ1n) is 11.2. The molecule has 0 aromatic heterocycles. The van der Waals surface area contributed by atoms with Gasteiger partial charge in [-0.3, -0.25) is 9.59 Å². The zero-order valence-electron chi connectivity index (χ0n) is 19.5. The van der Waals surface area contributed by atoms with Crippen LogP contribution in [-0.4, -0.2) is 35.4 Å². The fourth-order valence-electron chi connectivity index (χ4n) is 3.53. The van der Waals surface area contributed by atoms with Gasteiger partial charge >= 0.3 is 0 Å². The van der Waals surface area contributed by atoms with Crippen LogP contribution in [-0.2, 0) is 22.6 Å². The summed E-state index contributed by atoms with van der Waals surface area (Å²) in [5.41, 5.74) is 1.71. The lowest BCUT2D eigenvalue weighted by Gasteiger charge is -2.32. The smallest absolute Gasteiger partial charge is 0.261 e. The summed E-state index contributed by atoms with van der Waals surface area (Å²) in [7, 11) is 0. The highest BCUT2D eigenvalue weighted by Gasteiger charge is 2.31. The zero-order chi connectivity index (χ0) is 25.4. The van der Waals surface area contributed by atoms with Crippen LogP contribution in [0.15, 0.2) is 72.8 Å². The van der Waals surface area contributed by atoms with E-state index in [0.717, 1.165) is 14.7 Å². The number of amides is 2. The van der Waals surface area contributed by atoms with Gasteiger partial charge < -0.3 is 15.0 Å². The Bertz CT molecular complexity index is 1140. The summed E-state index contributed by atoms with van der Waals surface area (Å²) in [6, 6.07) is 21.4. The average molecular weight is 625 g/mol. The molecule has 0 bridgehead atoms. The number of nitrogens with zero attached hydrogens (tertiary/aromatic N) is 1. The summed E-state index contributed by atoms with van der Waals surface area (Å²) in [5, 5.41) is 3.77. The molecule has 1 N–H and O–H groups in total. The van der Waals surface area contributed by atoms with E-state index in [1.807, 2.05) is 68.4 Å². The number of carbonyl (C=O) groups excluding carboxylic acids is 2.